The molecule has 1 saturated heterocycles. The fourth-order valence-electron chi connectivity index (χ4n) is 3.05. The molecule has 2 atom stereocenters. The van der Waals surface area contributed by atoms with E-state index in [1.807, 2.05) is 37.3 Å². The lowest BCUT2D eigenvalue weighted by molar-refractivity contribution is -0.139. The molecule has 25 heavy (non-hydrogen) atoms. The Kier molecular flexibility index (Phi) is 4.29. The van der Waals surface area contributed by atoms with E-state index in [-0.39, 0.29) is 23.1 Å². The van der Waals surface area contributed by atoms with E-state index in [4.69, 9.17) is 4.42 Å². The summed E-state index contributed by atoms with van der Waals surface area (Å²) in [6, 6.07) is 9.09. The zero-order chi connectivity index (χ0) is 17.4. The van der Waals surface area contributed by atoms with Gasteiger partial charge in [0.1, 0.15) is 11.4 Å². The zero-order valence-corrected chi connectivity index (χ0v) is 14.8. The van der Waals surface area contributed by atoms with Gasteiger partial charge < -0.3 is 14.6 Å². The van der Waals surface area contributed by atoms with Gasteiger partial charge in [0.15, 0.2) is 0 Å². The highest BCUT2D eigenvalue weighted by Crippen LogP contribution is 2.45. The summed E-state index contributed by atoms with van der Waals surface area (Å²) in [4.78, 5) is 27.4. The zero-order valence-electron chi connectivity index (χ0n) is 14.0. The van der Waals surface area contributed by atoms with Crippen LogP contribution < -0.4 is 5.32 Å². The second kappa shape index (κ2) is 6.59. The molecule has 4 rings (SSSR count). The maximum Gasteiger partial charge on any atom is 0.248 e. The molecule has 1 aliphatic carbocycles. The van der Waals surface area contributed by atoms with Gasteiger partial charge in [0.2, 0.25) is 11.8 Å². The van der Waals surface area contributed by atoms with Crippen LogP contribution >= 0.6 is 11.8 Å². The third kappa shape index (κ3) is 3.31. The number of carbonyl (C=O) groups excluding carboxylic acids is 2. The Morgan fingerprint density at radius 1 is 1.20 bits per heavy atom. The normalized spacial score (nSPS) is 22.8. The third-order valence-electron chi connectivity index (χ3n) is 4.63. The summed E-state index contributed by atoms with van der Waals surface area (Å²) in [6.45, 7) is 2.00. The summed E-state index contributed by atoms with van der Waals surface area (Å²) in [5, 5.41) is 2.80. The number of amides is 2. The van der Waals surface area contributed by atoms with Gasteiger partial charge in [-0.25, -0.2) is 0 Å². The topological polar surface area (TPSA) is 62.6 Å². The Balaban J connectivity index is 1.55. The summed E-state index contributed by atoms with van der Waals surface area (Å²) in [5.74, 6) is 0.616. The molecule has 2 fully saturated rings. The lowest BCUT2D eigenvalue weighted by Crippen LogP contribution is -2.46. The van der Waals surface area contributed by atoms with Crippen molar-refractivity contribution in [1.29, 1.82) is 0 Å². The van der Waals surface area contributed by atoms with Crippen molar-refractivity contribution in [2.75, 3.05) is 11.1 Å². The first-order valence-electron chi connectivity index (χ1n) is 8.47. The fourth-order valence-corrected chi connectivity index (χ4v) is 4.47. The first-order valence-corrected chi connectivity index (χ1v) is 9.52. The van der Waals surface area contributed by atoms with Gasteiger partial charge in [-0.1, -0.05) is 17.7 Å². The van der Waals surface area contributed by atoms with E-state index in [1.165, 1.54) is 0 Å². The van der Waals surface area contributed by atoms with Gasteiger partial charge in [0.25, 0.3) is 0 Å². The average molecular weight is 356 g/mol. The predicted molar refractivity (Wildman–Crippen MR) is 97.1 cm³/mol. The smallest absolute Gasteiger partial charge is 0.248 e. The van der Waals surface area contributed by atoms with Crippen molar-refractivity contribution >= 4 is 29.3 Å². The molecule has 2 amide bonds. The van der Waals surface area contributed by atoms with Crippen molar-refractivity contribution in [2.45, 2.75) is 31.2 Å². The number of nitrogens with zero attached hydrogens (tertiary/aromatic N) is 1. The summed E-state index contributed by atoms with van der Waals surface area (Å²) in [7, 11) is 0. The number of carbonyl (C=O) groups is 2. The Bertz CT molecular complexity index is 768. The monoisotopic (exact) mass is 356 g/mol. The molecule has 1 aromatic heterocycles. The maximum atomic E-state index is 12.8. The van der Waals surface area contributed by atoms with Gasteiger partial charge >= 0.3 is 0 Å². The quantitative estimate of drug-likeness (QED) is 0.909. The lowest BCUT2D eigenvalue weighted by atomic mass is 10.1. The van der Waals surface area contributed by atoms with E-state index in [9.17, 15) is 9.59 Å². The van der Waals surface area contributed by atoms with Crippen LogP contribution in [0.1, 0.15) is 29.3 Å². The molecule has 6 heteroatoms. The van der Waals surface area contributed by atoms with E-state index < -0.39 is 6.04 Å². The highest BCUT2D eigenvalue weighted by atomic mass is 32.2. The van der Waals surface area contributed by atoms with Gasteiger partial charge in [-0.2, -0.15) is 0 Å². The summed E-state index contributed by atoms with van der Waals surface area (Å²) < 4.78 is 5.18. The van der Waals surface area contributed by atoms with E-state index in [1.54, 1.807) is 29.2 Å². The van der Waals surface area contributed by atoms with Crippen molar-refractivity contribution in [3.63, 3.8) is 0 Å². The molecule has 2 heterocycles. The van der Waals surface area contributed by atoms with Crippen LogP contribution in [0.3, 0.4) is 0 Å². The largest absolute Gasteiger partial charge is 0.472 e. The van der Waals surface area contributed by atoms with E-state index >= 15 is 0 Å². The Hall–Kier alpha value is -2.21. The van der Waals surface area contributed by atoms with Crippen LogP contribution in [0.2, 0.25) is 0 Å². The third-order valence-corrected chi connectivity index (χ3v) is 5.95. The highest BCUT2D eigenvalue weighted by Gasteiger charge is 2.46. The minimum atomic E-state index is -0.459. The van der Waals surface area contributed by atoms with Crippen LogP contribution in [0.15, 0.2) is 47.3 Å². The molecule has 130 valence electrons. The van der Waals surface area contributed by atoms with Crippen molar-refractivity contribution in [2.24, 2.45) is 5.92 Å². The fraction of sp³-hybridized carbons (Fsp3) is 0.368. The van der Waals surface area contributed by atoms with Gasteiger partial charge in [-0.3, -0.25) is 9.59 Å². The van der Waals surface area contributed by atoms with Crippen molar-refractivity contribution < 1.29 is 14.0 Å². The highest BCUT2D eigenvalue weighted by molar-refractivity contribution is 7.99. The number of furan rings is 1. The molecule has 0 radical (unpaired) electrons. The second-order valence-electron chi connectivity index (χ2n) is 6.63. The average Bonchev–Trinajstić information content (AvgIpc) is 3.14. The number of thioether (sulfide) groups is 1. The maximum absolute atomic E-state index is 12.8. The van der Waals surface area contributed by atoms with Crippen molar-refractivity contribution in [1.82, 2.24) is 4.90 Å². The Morgan fingerprint density at radius 2 is 1.96 bits per heavy atom. The van der Waals surface area contributed by atoms with E-state index in [0.717, 1.165) is 29.7 Å². The molecule has 1 saturated carbocycles. The number of hydrogen-bond donors (Lipinski definition) is 1. The van der Waals surface area contributed by atoms with E-state index in [0.29, 0.717) is 5.75 Å². The molecule has 5 nitrogen and oxygen atoms in total. The summed E-state index contributed by atoms with van der Waals surface area (Å²) in [6.07, 6.45) is 5.11. The molecule has 1 aromatic carbocycles. The molecule has 2 unspecified atom stereocenters. The number of rotatable bonds is 4. The standard InChI is InChI=1S/C19H20N2O3S/c1-12-2-6-15(7-3-12)20-17(22)16-11-25-19(14-8-9-24-10-14)21(16)18(23)13-4-5-13/h2-3,6-10,13,16,19H,4-5,11H2,1H3,(H,20,22). The van der Waals surface area contributed by atoms with Gasteiger partial charge in [-0.05, 0) is 38.0 Å². The van der Waals surface area contributed by atoms with Crippen molar-refractivity contribution in [3.05, 3.63) is 54.0 Å². The SMILES string of the molecule is Cc1ccc(NC(=O)C2CSC(c3ccoc3)N2C(=O)C2CC2)cc1. The molecule has 1 aliphatic heterocycles. The molecule has 0 spiro atoms. The second-order valence-corrected chi connectivity index (χ2v) is 7.75. The summed E-state index contributed by atoms with van der Waals surface area (Å²) >= 11 is 1.62. The van der Waals surface area contributed by atoms with Gasteiger partial charge in [0.05, 0.1) is 12.5 Å². The number of anilines is 1. The Labute approximate surface area is 150 Å². The van der Waals surface area contributed by atoms with Gasteiger partial charge in [-0.15, -0.1) is 11.8 Å². The van der Waals surface area contributed by atoms with Crippen LogP contribution in [0, 0.1) is 12.8 Å². The molecule has 0 bridgehead atoms. The van der Waals surface area contributed by atoms with Crippen molar-refractivity contribution in [3.8, 4) is 0 Å². The van der Waals surface area contributed by atoms with Crippen LogP contribution in [0.4, 0.5) is 5.69 Å². The molecular formula is C19H20N2O3S. The number of hydrogen-bond acceptors (Lipinski definition) is 4. The number of nitrogens with one attached hydrogen (secondary N) is 1. The Morgan fingerprint density at radius 3 is 2.60 bits per heavy atom. The molecule has 1 N–H and O–H groups in total. The first kappa shape index (κ1) is 16.3. The van der Waals surface area contributed by atoms with Crippen LogP contribution in [0.25, 0.3) is 0 Å². The van der Waals surface area contributed by atoms with E-state index in [2.05, 4.69) is 5.32 Å². The minimum Gasteiger partial charge on any atom is -0.472 e. The molecular weight excluding hydrogens is 336 g/mol. The lowest BCUT2D eigenvalue weighted by Gasteiger charge is -2.28. The molecule has 2 aliphatic rings. The predicted octanol–water partition coefficient (Wildman–Crippen LogP) is 3.58. The number of aryl methyl sites for hydroxylation is 1. The first-order chi connectivity index (χ1) is 12.1. The number of benzene rings is 1. The minimum absolute atomic E-state index is 0.0720. The summed E-state index contributed by atoms with van der Waals surface area (Å²) in [5.41, 5.74) is 2.83. The van der Waals surface area contributed by atoms with Crippen LogP contribution in [-0.4, -0.2) is 28.5 Å². The van der Waals surface area contributed by atoms with Crippen LogP contribution in [-0.2, 0) is 9.59 Å². The molecule has 2 aromatic rings. The van der Waals surface area contributed by atoms with Crippen LogP contribution in [0.5, 0.6) is 0 Å². The van der Waals surface area contributed by atoms with Gasteiger partial charge in [0, 0.05) is 22.9 Å².